The molecule has 0 fully saturated rings. The Kier molecular flexibility index (Phi) is 3.08. The molecule has 2 aromatic heterocycles. The van der Waals surface area contributed by atoms with Crippen molar-refractivity contribution in [3.05, 3.63) is 36.7 Å². The normalized spacial score (nSPS) is 10.8. The molecule has 0 saturated heterocycles. The molecule has 2 heterocycles. The van der Waals surface area contributed by atoms with E-state index in [4.69, 9.17) is 5.11 Å². The van der Waals surface area contributed by atoms with E-state index in [9.17, 15) is 4.79 Å². The Bertz CT molecular complexity index is 768. The van der Waals surface area contributed by atoms with Gasteiger partial charge in [-0.3, -0.25) is 4.40 Å². The molecule has 1 amide bonds. The maximum Gasteiger partial charge on any atom is 0.404 e. The van der Waals surface area contributed by atoms with Crippen LogP contribution in [0.25, 0.3) is 16.7 Å². The van der Waals surface area contributed by atoms with Crippen molar-refractivity contribution >= 4 is 28.6 Å². The number of hydrogen-bond donors (Lipinski definition) is 3. The highest BCUT2D eigenvalue weighted by molar-refractivity contribution is 5.82. The van der Waals surface area contributed by atoms with Crippen molar-refractivity contribution < 1.29 is 9.90 Å². The van der Waals surface area contributed by atoms with Crippen LogP contribution in [0.15, 0.2) is 36.7 Å². The molecule has 0 bridgehead atoms. The summed E-state index contributed by atoms with van der Waals surface area (Å²) in [5, 5.41) is 13.9. The van der Waals surface area contributed by atoms with Gasteiger partial charge in [0.1, 0.15) is 0 Å². The number of imidazole rings is 1. The second-order valence-corrected chi connectivity index (χ2v) is 4.23. The summed E-state index contributed by atoms with van der Waals surface area (Å²) < 4.78 is 1.95. The summed E-state index contributed by atoms with van der Waals surface area (Å²) in [6.45, 7) is 0.747. The van der Waals surface area contributed by atoms with Gasteiger partial charge in [-0.15, -0.1) is 0 Å². The van der Waals surface area contributed by atoms with Gasteiger partial charge in [0, 0.05) is 25.5 Å². The summed E-state index contributed by atoms with van der Waals surface area (Å²) in [7, 11) is 0. The predicted molar refractivity (Wildman–Crippen MR) is 75.0 cm³/mol. The summed E-state index contributed by atoms with van der Waals surface area (Å²) >= 11 is 0. The van der Waals surface area contributed by atoms with Crippen molar-refractivity contribution in [3.8, 4) is 0 Å². The van der Waals surface area contributed by atoms with Crippen LogP contribution in [0.4, 0.5) is 10.6 Å². The fourth-order valence-corrected chi connectivity index (χ4v) is 2.07. The van der Waals surface area contributed by atoms with E-state index in [1.165, 1.54) is 0 Å². The van der Waals surface area contributed by atoms with Crippen molar-refractivity contribution in [1.82, 2.24) is 19.7 Å². The first-order valence-corrected chi connectivity index (χ1v) is 6.18. The Labute approximate surface area is 114 Å². The van der Waals surface area contributed by atoms with Crippen molar-refractivity contribution in [3.63, 3.8) is 0 Å². The zero-order valence-corrected chi connectivity index (χ0v) is 10.6. The van der Waals surface area contributed by atoms with Crippen molar-refractivity contribution in [2.75, 3.05) is 18.4 Å². The monoisotopic (exact) mass is 271 g/mol. The first-order chi connectivity index (χ1) is 9.75. The van der Waals surface area contributed by atoms with E-state index < -0.39 is 6.09 Å². The molecule has 7 nitrogen and oxygen atoms in total. The second-order valence-electron chi connectivity index (χ2n) is 4.23. The summed E-state index contributed by atoms with van der Waals surface area (Å²) in [6.07, 6.45) is 2.55. The van der Waals surface area contributed by atoms with Crippen LogP contribution in [0.1, 0.15) is 0 Å². The van der Waals surface area contributed by atoms with E-state index in [2.05, 4.69) is 20.6 Å². The zero-order chi connectivity index (χ0) is 13.9. The lowest BCUT2D eigenvalue weighted by atomic mass is 10.3. The molecule has 3 N–H and O–H groups in total. The number of carbonyl (C=O) groups is 1. The number of hydrogen-bond acceptors (Lipinski definition) is 4. The van der Waals surface area contributed by atoms with Crippen LogP contribution in [0.5, 0.6) is 0 Å². The molecule has 0 aliphatic heterocycles. The van der Waals surface area contributed by atoms with Gasteiger partial charge in [0.15, 0.2) is 11.5 Å². The molecule has 0 aliphatic rings. The summed E-state index contributed by atoms with van der Waals surface area (Å²) in [5.41, 5.74) is 2.56. The molecule has 3 rings (SSSR count). The van der Waals surface area contributed by atoms with Crippen LogP contribution in [0, 0.1) is 0 Å². The Morgan fingerprint density at radius 1 is 1.30 bits per heavy atom. The fraction of sp³-hybridized carbons (Fsp3) is 0.154. The molecule has 7 heteroatoms. The third-order valence-corrected chi connectivity index (χ3v) is 2.92. The maximum atomic E-state index is 10.4. The van der Waals surface area contributed by atoms with E-state index in [1.54, 1.807) is 6.20 Å². The van der Waals surface area contributed by atoms with Gasteiger partial charge in [0.05, 0.1) is 11.0 Å². The quantitative estimate of drug-likeness (QED) is 0.626. The second kappa shape index (κ2) is 5.04. The van der Waals surface area contributed by atoms with Crippen LogP contribution in [0.2, 0.25) is 0 Å². The SMILES string of the molecule is O=C(O)NCCNc1nc2ccccc2n2ccnc12. The van der Waals surface area contributed by atoms with Gasteiger partial charge in [-0.25, -0.2) is 14.8 Å². The lowest BCUT2D eigenvalue weighted by Gasteiger charge is -2.09. The number of aromatic nitrogens is 3. The Morgan fingerprint density at radius 2 is 2.15 bits per heavy atom. The minimum atomic E-state index is -1.04. The highest BCUT2D eigenvalue weighted by Gasteiger charge is 2.08. The van der Waals surface area contributed by atoms with Gasteiger partial charge < -0.3 is 15.7 Å². The first kappa shape index (κ1) is 12.2. The van der Waals surface area contributed by atoms with Crippen LogP contribution in [0.3, 0.4) is 0 Å². The molecule has 0 unspecified atom stereocenters. The average molecular weight is 271 g/mol. The lowest BCUT2D eigenvalue weighted by Crippen LogP contribution is -2.27. The Hall–Kier alpha value is -2.83. The van der Waals surface area contributed by atoms with E-state index >= 15 is 0 Å². The number of para-hydroxylation sites is 2. The van der Waals surface area contributed by atoms with E-state index in [1.807, 2.05) is 34.9 Å². The van der Waals surface area contributed by atoms with Crippen molar-refractivity contribution in [1.29, 1.82) is 0 Å². The number of benzene rings is 1. The third kappa shape index (κ3) is 2.20. The topological polar surface area (TPSA) is 91.5 Å². The number of nitrogens with one attached hydrogen (secondary N) is 2. The number of anilines is 1. The molecule has 0 atom stereocenters. The van der Waals surface area contributed by atoms with Gasteiger partial charge in [-0.2, -0.15) is 0 Å². The highest BCUT2D eigenvalue weighted by atomic mass is 16.4. The van der Waals surface area contributed by atoms with Crippen molar-refractivity contribution in [2.45, 2.75) is 0 Å². The summed E-state index contributed by atoms with van der Waals surface area (Å²) in [5.74, 6) is 0.640. The lowest BCUT2D eigenvalue weighted by molar-refractivity contribution is 0.195. The molecule has 0 aliphatic carbocycles. The Morgan fingerprint density at radius 3 is 3.00 bits per heavy atom. The number of fused-ring (bicyclic) bond motifs is 3. The largest absolute Gasteiger partial charge is 0.465 e. The molecule has 0 spiro atoms. The van der Waals surface area contributed by atoms with Gasteiger partial charge in [-0.05, 0) is 12.1 Å². The standard InChI is InChI=1S/C13H13N5O2/c19-13(20)16-6-5-14-11-12-15-7-8-18(12)10-4-2-1-3-9(10)17-11/h1-4,7-8,16H,5-6H2,(H,14,17)(H,19,20). The highest BCUT2D eigenvalue weighted by Crippen LogP contribution is 2.19. The van der Waals surface area contributed by atoms with E-state index in [0.717, 1.165) is 16.7 Å². The molecule has 0 saturated carbocycles. The van der Waals surface area contributed by atoms with Crippen LogP contribution < -0.4 is 10.6 Å². The van der Waals surface area contributed by atoms with Crippen LogP contribution in [-0.4, -0.2) is 38.7 Å². The summed E-state index contributed by atoms with van der Waals surface area (Å²) in [6, 6.07) is 7.78. The number of nitrogens with zero attached hydrogens (tertiary/aromatic N) is 3. The fourth-order valence-electron chi connectivity index (χ4n) is 2.07. The van der Waals surface area contributed by atoms with Gasteiger partial charge >= 0.3 is 6.09 Å². The maximum absolute atomic E-state index is 10.4. The average Bonchev–Trinajstić information content (AvgIpc) is 2.93. The van der Waals surface area contributed by atoms with Crippen LogP contribution >= 0.6 is 0 Å². The number of rotatable bonds is 4. The molecule has 0 radical (unpaired) electrons. The third-order valence-electron chi connectivity index (χ3n) is 2.92. The van der Waals surface area contributed by atoms with E-state index in [0.29, 0.717) is 18.9 Å². The minimum absolute atomic E-state index is 0.302. The molecule has 102 valence electrons. The smallest absolute Gasteiger partial charge is 0.404 e. The minimum Gasteiger partial charge on any atom is -0.465 e. The predicted octanol–water partition coefficient (Wildman–Crippen LogP) is 1.56. The van der Waals surface area contributed by atoms with E-state index in [-0.39, 0.29) is 0 Å². The Balaban J connectivity index is 1.92. The molecule has 1 aromatic carbocycles. The summed E-state index contributed by atoms with van der Waals surface area (Å²) in [4.78, 5) is 19.2. The van der Waals surface area contributed by atoms with Crippen LogP contribution in [-0.2, 0) is 0 Å². The van der Waals surface area contributed by atoms with Gasteiger partial charge in [0.25, 0.3) is 0 Å². The molecule has 3 aromatic rings. The molecular weight excluding hydrogens is 258 g/mol. The van der Waals surface area contributed by atoms with Gasteiger partial charge in [-0.1, -0.05) is 12.1 Å². The molecular formula is C13H13N5O2. The van der Waals surface area contributed by atoms with Crippen molar-refractivity contribution in [2.24, 2.45) is 0 Å². The molecule has 20 heavy (non-hydrogen) atoms. The number of carboxylic acid groups (broad SMARTS) is 1. The zero-order valence-electron chi connectivity index (χ0n) is 10.6. The van der Waals surface area contributed by atoms with Gasteiger partial charge in [0.2, 0.25) is 0 Å². The first-order valence-electron chi connectivity index (χ1n) is 6.18. The number of amides is 1.